The molecule has 0 radical (unpaired) electrons. The first kappa shape index (κ1) is 15.7. The Morgan fingerprint density at radius 2 is 1.74 bits per heavy atom. The molecule has 1 aliphatic rings. The van der Waals surface area contributed by atoms with Gasteiger partial charge in [0, 0.05) is 11.6 Å². The summed E-state index contributed by atoms with van der Waals surface area (Å²) in [5.41, 5.74) is 2.31. The number of hydrogen-bond acceptors (Lipinski definition) is 3. The van der Waals surface area contributed by atoms with Crippen LogP contribution in [0.2, 0.25) is 0 Å². The van der Waals surface area contributed by atoms with Gasteiger partial charge in [0.25, 0.3) is 10.0 Å². The van der Waals surface area contributed by atoms with E-state index in [-0.39, 0.29) is 16.7 Å². The lowest BCUT2D eigenvalue weighted by atomic mass is 9.99. The highest BCUT2D eigenvalue weighted by Crippen LogP contribution is 2.35. The van der Waals surface area contributed by atoms with Crippen molar-refractivity contribution in [2.75, 3.05) is 4.31 Å². The largest absolute Gasteiger partial charge is 0.295 e. The predicted molar refractivity (Wildman–Crippen MR) is 90.3 cm³/mol. The van der Waals surface area contributed by atoms with Crippen molar-refractivity contribution in [3.05, 3.63) is 59.7 Å². The highest BCUT2D eigenvalue weighted by molar-refractivity contribution is 7.92. The first-order chi connectivity index (χ1) is 10.9. The van der Waals surface area contributed by atoms with E-state index < -0.39 is 10.0 Å². The fourth-order valence-corrected chi connectivity index (χ4v) is 4.72. The zero-order valence-electron chi connectivity index (χ0n) is 13.2. The molecule has 0 unspecified atom stereocenters. The van der Waals surface area contributed by atoms with Gasteiger partial charge >= 0.3 is 0 Å². The van der Waals surface area contributed by atoms with E-state index in [2.05, 4.69) is 0 Å². The number of ketones is 1. The number of rotatable bonds is 3. The summed E-state index contributed by atoms with van der Waals surface area (Å²) in [6, 6.07) is 13.7. The Morgan fingerprint density at radius 3 is 2.39 bits per heavy atom. The number of para-hydroxylation sites is 1. The monoisotopic (exact) mass is 329 g/mol. The molecule has 0 saturated heterocycles. The van der Waals surface area contributed by atoms with E-state index >= 15 is 0 Å². The fraction of sp³-hybridized carbons (Fsp3) is 0.278. The molecule has 0 aromatic heterocycles. The van der Waals surface area contributed by atoms with Gasteiger partial charge in [0.1, 0.15) is 0 Å². The van der Waals surface area contributed by atoms with Gasteiger partial charge in [-0.1, -0.05) is 30.3 Å². The van der Waals surface area contributed by atoms with Crippen LogP contribution in [0.4, 0.5) is 5.69 Å². The Morgan fingerprint density at radius 1 is 1.09 bits per heavy atom. The number of carbonyl (C=O) groups excluding carboxylic acids is 1. The lowest BCUT2D eigenvalue weighted by molar-refractivity contribution is 0.101. The minimum Gasteiger partial charge on any atom is -0.295 e. The Hall–Kier alpha value is -2.14. The Balaban J connectivity index is 2.07. The van der Waals surface area contributed by atoms with Gasteiger partial charge in [0.05, 0.1) is 10.6 Å². The Kier molecular flexibility index (Phi) is 3.98. The molecule has 1 atom stereocenters. The van der Waals surface area contributed by atoms with Crippen molar-refractivity contribution in [1.82, 2.24) is 0 Å². The van der Waals surface area contributed by atoms with Crippen molar-refractivity contribution in [2.24, 2.45) is 0 Å². The van der Waals surface area contributed by atoms with Gasteiger partial charge < -0.3 is 0 Å². The van der Waals surface area contributed by atoms with Crippen LogP contribution in [0.1, 0.15) is 36.2 Å². The van der Waals surface area contributed by atoms with E-state index in [0.717, 1.165) is 24.1 Å². The van der Waals surface area contributed by atoms with E-state index in [9.17, 15) is 13.2 Å². The van der Waals surface area contributed by atoms with E-state index in [1.165, 1.54) is 23.4 Å². The van der Waals surface area contributed by atoms with Crippen molar-refractivity contribution in [3.63, 3.8) is 0 Å². The minimum absolute atomic E-state index is 0.0781. The molecule has 0 fully saturated rings. The average Bonchev–Trinajstić information content (AvgIpc) is 2.54. The van der Waals surface area contributed by atoms with E-state index in [4.69, 9.17) is 0 Å². The van der Waals surface area contributed by atoms with Crippen LogP contribution >= 0.6 is 0 Å². The maximum atomic E-state index is 13.1. The predicted octanol–water partition coefficient (Wildman–Crippen LogP) is 3.42. The maximum Gasteiger partial charge on any atom is 0.264 e. The Labute approximate surface area is 136 Å². The van der Waals surface area contributed by atoms with Crippen molar-refractivity contribution in [2.45, 2.75) is 37.6 Å². The normalized spacial score (nSPS) is 17.7. The molecular weight excluding hydrogens is 310 g/mol. The molecule has 0 N–H and O–H groups in total. The summed E-state index contributed by atoms with van der Waals surface area (Å²) >= 11 is 0. The molecule has 3 rings (SSSR count). The lowest BCUT2D eigenvalue weighted by Crippen LogP contribution is -2.42. The van der Waals surface area contributed by atoms with E-state index in [1.54, 1.807) is 12.1 Å². The smallest absolute Gasteiger partial charge is 0.264 e. The molecule has 0 aliphatic carbocycles. The van der Waals surface area contributed by atoms with Crippen LogP contribution in [0.3, 0.4) is 0 Å². The number of hydrogen-bond donors (Lipinski definition) is 0. The molecule has 0 spiro atoms. The van der Waals surface area contributed by atoms with Gasteiger partial charge in [-0.05, 0) is 50.5 Å². The maximum absolute atomic E-state index is 13.1. The fourth-order valence-electron chi connectivity index (χ4n) is 3.00. The molecule has 120 valence electrons. The summed E-state index contributed by atoms with van der Waals surface area (Å²) in [5, 5.41) is 0. The first-order valence-corrected chi connectivity index (χ1v) is 9.08. The minimum atomic E-state index is -3.65. The molecule has 1 heterocycles. The Bertz CT molecular complexity index is 841. The summed E-state index contributed by atoms with van der Waals surface area (Å²) in [6.07, 6.45) is 1.68. The van der Waals surface area contributed by atoms with Gasteiger partial charge in [-0.2, -0.15) is 0 Å². The first-order valence-electron chi connectivity index (χ1n) is 7.64. The lowest BCUT2D eigenvalue weighted by Gasteiger charge is -2.36. The van der Waals surface area contributed by atoms with Gasteiger partial charge in [0.2, 0.25) is 0 Å². The SMILES string of the molecule is CC(=O)c1ccc(S(=O)(=O)N2c3ccccc3CC[C@@H]2C)cc1. The molecule has 5 heteroatoms. The van der Waals surface area contributed by atoms with Gasteiger partial charge in [-0.3, -0.25) is 9.10 Å². The topological polar surface area (TPSA) is 54.5 Å². The van der Waals surface area contributed by atoms with Crippen LogP contribution in [-0.2, 0) is 16.4 Å². The highest BCUT2D eigenvalue weighted by Gasteiger charge is 2.33. The number of nitrogens with zero attached hydrogens (tertiary/aromatic N) is 1. The van der Waals surface area contributed by atoms with Crippen LogP contribution < -0.4 is 4.31 Å². The second-order valence-electron chi connectivity index (χ2n) is 5.90. The van der Waals surface area contributed by atoms with Gasteiger partial charge in [-0.25, -0.2) is 8.42 Å². The van der Waals surface area contributed by atoms with Crippen LogP contribution in [0.25, 0.3) is 0 Å². The van der Waals surface area contributed by atoms with E-state index in [1.807, 2.05) is 31.2 Å². The molecular formula is C18H19NO3S. The highest BCUT2D eigenvalue weighted by atomic mass is 32.2. The number of aryl methyl sites for hydroxylation is 1. The molecule has 0 saturated carbocycles. The molecule has 0 bridgehead atoms. The van der Waals surface area contributed by atoms with Crippen molar-refractivity contribution in [3.8, 4) is 0 Å². The molecule has 2 aromatic carbocycles. The van der Waals surface area contributed by atoms with Gasteiger partial charge in [-0.15, -0.1) is 0 Å². The third-order valence-electron chi connectivity index (χ3n) is 4.28. The van der Waals surface area contributed by atoms with Crippen molar-refractivity contribution < 1.29 is 13.2 Å². The molecule has 0 amide bonds. The molecule has 23 heavy (non-hydrogen) atoms. The number of sulfonamides is 1. The average molecular weight is 329 g/mol. The summed E-state index contributed by atoms with van der Waals surface area (Å²) in [6.45, 7) is 3.39. The second-order valence-corrected chi connectivity index (χ2v) is 7.71. The van der Waals surface area contributed by atoms with Crippen molar-refractivity contribution >= 4 is 21.5 Å². The number of benzene rings is 2. The van der Waals surface area contributed by atoms with Crippen LogP contribution in [0.5, 0.6) is 0 Å². The van der Waals surface area contributed by atoms with Gasteiger partial charge in [0.15, 0.2) is 5.78 Å². The number of carbonyl (C=O) groups is 1. The molecule has 1 aliphatic heterocycles. The van der Waals surface area contributed by atoms with Crippen LogP contribution in [0, 0.1) is 0 Å². The number of anilines is 1. The zero-order chi connectivity index (χ0) is 16.6. The quantitative estimate of drug-likeness (QED) is 0.811. The summed E-state index contributed by atoms with van der Waals surface area (Å²) in [7, 11) is -3.65. The van der Waals surface area contributed by atoms with Crippen molar-refractivity contribution in [1.29, 1.82) is 0 Å². The third-order valence-corrected chi connectivity index (χ3v) is 6.22. The van der Waals surface area contributed by atoms with E-state index in [0.29, 0.717) is 5.56 Å². The number of Topliss-reactive ketones (excluding diaryl/α,β-unsaturated/α-hetero) is 1. The number of fused-ring (bicyclic) bond motifs is 1. The summed E-state index contributed by atoms with van der Waals surface area (Å²) < 4.78 is 27.7. The zero-order valence-corrected chi connectivity index (χ0v) is 14.0. The second kappa shape index (κ2) is 5.81. The molecule has 4 nitrogen and oxygen atoms in total. The third kappa shape index (κ3) is 2.77. The van der Waals surface area contributed by atoms with Crippen LogP contribution in [0.15, 0.2) is 53.4 Å². The standard InChI is InChI=1S/C18H19NO3S/c1-13-7-8-16-5-3-4-6-18(16)19(13)23(21,22)17-11-9-15(10-12-17)14(2)20/h3-6,9-13H,7-8H2,1-2H3/t13-/m0/s1. The molecule has 2 aromatic rings. The van der Waals surface area contributed by atoms with Crippen LogP contribution in [-0.4, -0.2) is 20.2 Å². The summed E-state index contributed by atoms with van der Waals surface area (Å²) in [5.74, 6) is -0.0781. The summed E-state index contributed by atoms with van der Waals surface area (Å²) in [4.78, 5) is 11.6.